The monoisotopic (exact) mass is 968 g/mol. The molecule has 4 aromatic carbocycles. The van der Waals surface area contributed by atoms with Crippen molar-refractivity contribution >= 4 is 66.6 Å². The number of benzene rings is 4. The number of amides is 4. The molecule has 2 fully saturated rings. The van der Waals surface area contributed by atoms with Crippen molar-refractivity contribution in [3.05, 3.63) is 96.1 Å². The molecule has 0 atom stereocenters. The first-order valence-electron chi connectivity index (χ1n) is 24.7. The summed E-state index contributed by atoms with van der Waals surface area (Å²) in [5.74, 6) is 4.05. The van der Waals surface area contributed by atoms with E-state index >= 15 is 0 Å². The van der Waals surface area contributed by atoms with Crippen LogP contribution in [0.3, 0.4) is 0 Å². The van der Waals surface area contributed by atoms with Crippen LogP contribution in [0.2, 0.25) is 0 Å². The van der Waals surface area contributed by atoms with Crippen molar-refractivity contribution in [2.45, 2.75) is 51.5 Å². The maximum Gasteiger partial charge on any atom is 0.317 e. The molecule has 0 radical (unpaired) electrons. The van der Waals surface area contributed by atoms with Gasteiger partial charge in [-0.2, -0.15) is 5.26 Å². The van der Waals surface area contributed by atoms with Crippen molar-refractivity contribution in [3.63, 3.8) is 0 Å². The summed E-state index contributed by atoms with van der Waals surface area (Å²) in [6.07, 6.45) is 7.18. The number of primary amides is 2. The van der Waals surface area contributed by atoms with E-state index in [1.807, 2.05) is 41.0 Å². The zero-order valence-electron chi connectivity index (χ0n) is 39.8. The van der Waals surface area contributed by atoms with Crippen LogP contribution in [0.4, 0.5) is 31.8 Å². The van der Waals surface area contributed by atoms with Gasteiger partial charge in [0, 0.05) is 92.4 Å². The molecule has 70 heavy (non-hydrogen) atoms. The van der Waals surface area contributed by atoms with Gasteiger partial charge in [0.05, 0.1) is 30.4 Å². The molecule has 4 aliphatic heterocycles. The second kappa shape index (κ2) is 23.2. The third-order valence-corrected chi connectivity index (χ3v) is 14.6. The largest absolute Gasteiger partial charge is 0.490 e. The van der Waals surface area contributed by atoms with Crippen LogP contribution < -0.4 is 50.8 Å². The van der Waals surface area contributed by atoms with Crippen LogP contribution in [-0.2, 0) is 13.0 Å². The Labute approximate surface area is 413 Å². The van der Waals surface area contributed by atoms with Crippen LogP contribution in [0.15, 0.2) is 84.9 Å². The first-order valence-corrected chi connectivity index (χ1v) is 25.5. The number of piperazine rings is 1. The number of carbonyl (C=O) groups excluding carboxylic acids is 2. The number of hydrogen-bond acceptors (Lipinski definition) is 12. The summed E-state index contributed by atoms with van der Waals surface area (Å²) in [4.78, 5) is 32.9. The van der Waals surface area contributed by atoms with E-state index in [-0.39, 0.29) is 0 Å². The molecule has 4 aliphatic rings. The van der Waals surface area contributed by atoms with E-state index in [2.05, 4.69) is 78.8 Å². The lowest BCUT2D eigenvalue weighted by Gasteiger charge is -2.36. The zero-order chi connectivity index (χ0) is 48.2. The van der Waals surface area contributed by atoms with Gasteiger partial charge in [-0.1, -0.05) is 24.3 Å². The number of urea groups is 2. The minimum atomic E-state index is -0.591. The van der Waals surface area contributed by atoms with Crippen molar-refractivity contribution in [2.24, 2.45) is 11.5 Å². The van der Waals surface area contributed by atoms with Crippen LogP contribution >= 0.6 is 11.3 Å². The molecule has 6 N–H and O–H groups in total. The normalized spacial score (nSPS) is 16.2. The molecule has 0 spiro atoms. The van der Waals surface area contributed by atoms with E-state index < -0.39 is 12.1 Å². The number of nitrogens with zero attached hydrogens (tertiary/aromatic N) is 6. The number of unbranched alkanes of at least 4 members (excludes halogenated alkanes) is 2. The molecule has 0 aliphatic carbocycles. The third kappa shape index (κ3) is 12.1. The SMILES string of the molecule is N#Cc1ccc2cc(NC(N)=O)n(CCCCN3CCCN(c4ccc5c(c4)OCCO5)CC3)c2c1.NC(=O)Nc1sc2ccccc2c1CCCCN1CCN(c2ccc3c(c2)OCCCO3)CC1. The first kappa shape index (κ1) is 48.2. The van der Waals surface area contributed by atoms with Crippen molar-refractivity contribution in [2.75, 3.05) is 112 Å². The van der Waals surface area contributed by atoms with Gasteiger partial charge >= 0.3 is 12.1 Å². The number of anilines is 4. The van der Waals surface area contributed by atoms with Gasteiger partial charge in [-0.15, -0.1) is 11.3 Å². The number of thiophene rings is 1. The second-order valence-corrected chi connectivity index (χ2v) is 19.2. The fourth-order valence-corrected chi connectivity index (χ4v) is 11.0. The topological polar surface area (TPSA) is 189 Å². The summed E-state index contributed by atoms with van der Waals surface area (Å²) in [6, 6.07) is 29.4. The van der Waals surface area contributed by atoms with Crippen molar-refractivity contribution in [3.8, 4) is 29.1 Å². The Morgan fingerprint density at radius 1 is 0.614 bits per heavy atom. The Hall–Kier alpha value is -6.87. The Morgan fingerprint density at radius 2 is 1.23 bits per heavy atom. The molecule has 6 aromatic rings. The summed E-state index contributed by atoms with van der Waals surface area (Å²) < 4.78 is 26.3. The average Bonchev–Trinajstić information content (AvgIpc) is 3.62. The summed E-state index contributed by atoms with van der Waals surface area (Å²) in [7, 11) is 0. The number of carbonyl (C=O) groups is 2. The predicted octanol–water partition coefficient (Wildman–Crippen LogP) is 8.47. The van der Waals surface area contributed by atoms with Gasteiger partial charge in [0.15, 0.2) is 23.0 Å². The fourth-order valence-electron chi connectivity index (χ4n) is 9.86. The van der Waals surface area contributed by atoms with Crippen LogP contribution in [0, 0.1) is 11.3 Å². The van der Waals surface area contributed by atoms with E-state index in [1.165, 1.54) is 27.0 Å². The van der Waals surface area contributed by atoms with Gasteiger partial charge < -0.3 is 49.7 Å². The molecule has 0 bridgehead atoms. The standard InChI is InChI=1S/C27H32N6O3.C26H32N4O3S/c28-19-20-4-5-21-17-26(30-27(29)34)33(23(21)16-20)11-2-1-8-31-9-3-10-32(13-12-31)22-6-7-24-25(18-22)36-15-14-35-24;27-26(31)28-25-21(20-6-1-2-8-24(20)34-25)7-3-4-11-29-12-14-30(15-13-29)19-9-10-22-23(18-19)33-17-5-16-32-22/h4-7,16-18H,1-3,8-15H2,(H3,29,30,34);1-2,6,8-10,18H,3-5,7,11-17H2,(H3,27,28,31). The predicted molar refractivity (Wildman–Crippen MR) is 278 cm³/mol. The maximum absolute atomic E-state index is 11.5. The Kier molecular flexibility index (Phi) is 15.9. The van der Waals surface area contributed by atoms with Gasteiger partial charge in [-0.05, 0) is 118 Å². The minimum absolute atomic E-state index is 0.501. The zero-order valence-corrected chi connectivity index (χ0v) is 40.7. The lowest BCUT2D eigenvalue weighted by molar-refractivity contribution is 0.171. The quantitative estimate of drug-likeness (QED) is 0.0767. The summed E-state index contributed by atoms with van der Waals surface area (Å²) in [5.41, 5.74) is 15.9. The highest BCUT2D eigenvalue weighted by molar-refractivity contribution is 7.23. The molecule has 16 nitrogen and oxygen atoms in total. The molecule has 17 heteroatoms. The van der Waals surface area contributed by atoms with Gasteiger partial charge in [0.2, 0.25) is 0 Å². The average molecular weight is 969 g/mol. The lowest BCUT2D eigenvalue weighted by Crippen LogP contribution is -2.46. The van der Waals surface area contributed by atoms with Gasteiger partial charge in [0.1, 0.15) is 24.0 Å². The molecule has 0 unspecified atom stereocenters. The van der Waals surface area contributed by atoms with Gasteiger partial charge in [0.25, 0.3) is 0 Å². The number of nitrogens with two attached hydrogens (primary N) is 2. The molecular weight excluding hydrogens is 905 g/mol. The van der Waals surface area contributed by atoms with Crippen LogP contribution in [-0.4, -0.2) is 118 Å². The van der Waals surface area contributed by atoms with Gasteiger partial charge in [-0.3, -0.25) is 15.5 Å². The van der Waals surface area contributed by atoms with Crippen LogP contribution in [0.1, 0.15) is 49.7 Å². The molecule has 2 aromatic heterocycles. The smallest absolute Gasteiger partial charge is 0.317 e. The van der Waals surface area contributed by atoms with E-state index in [4.69, 9.17) is 30.4 Å². The number of ether oxygens (including phenoxy) is 4. The number of hydrogen-bond donors (Lipinski definition) is 4. The molecule has 368 valence electrons. The van der Waals surface area contributed by atoms with E-state index in [0.29, 0.717) is 31.2 Å². The van der Waals surface area contributed by atoms with Crippen molar-refractivity contribution in [1.29, 1.82) is 5.26 Å². The molecule has 2 saturated heterocycles. The summed E-state index contributed by atoms with van der Waals surface area (Å²) >= 11 is 1.60. The number of aromatic nitrogens is 1. The summed E-state index contributed by atoms with van der Waals surface area (Å²) in [6.45, 7) is 13.7. The third-order valence-electron chi connectivity index (χ3n) is 13.4. The van der Waals surface area contributed by atoms with Crippen molar-refractivity contribution < 1.29 is 28.5 Å². The number of fused-ring (bicyclic) bond motifs is 4. The van der Waals surface area contributed by atoms with E-state index in [9.17, 15) is 14.9 Å². The molecule has 0 saturated carbocycles. The highest BCUT2D eigenvalue weighted by Crippen LogP contribution is 2.38. The summed E-state index contributed by atoms with van der Waals surface area (Å²) in [5, 5.41) is 17.9. The Bertz CT molecular complexity index is 2800. The highest BCUT2D eigenvalue weighted by Gasteiger charge is 2.22. The number of rotatable bonds is 14. The molecule has 6 heterocycles. The second-order valence-electron chi connectivity index (χ2n) is 18.1. The first-order chi connectivity index (χ1) is 34.3. The number of nitriles is 1. The minimum Gasteiger partial charge on any atom is -0.490 e. The maximum atomic E-state index is 11.5. The number of aryl methyl sites for hydroxylation is 2. The van der Waals surface area contributed by atoms with Gasteiger partial charge in [-0.25, -0.2) is 9.59 Å². The number of nitrogens with one attached hydrogen (secondary N) is 2. The Morgan fingerprint density at radius 3 is 1.93 bits per heavy atom. The van der Waals surface area contributed by atoms with E-state index in [0.717, 1.165) is 162 Å². The molecular formula is C53H64N10O6S. The van der Waals surface area contributed by atoms with Crippen LogP contribution in [0.5, 0.6) is 23.0 Å². The lowest BCUT2D eigenvalue weighted by atomic mass is 10.1. The highest BCUT2D eigenvalue weighted by atomic mass is 32.1. The van der Waals surface area contributed by atoms with Crippen molar-refractivity contribution in [1.82, 2.24) is 14.4 Å². The fraction of sp³-hybridized carbons (Fsp3) is 0.415. The van der Waals surface area contributed by atoms with E-state index in [1.54, 1.807) is 17.4 Å². The molecule has 4 amide bonds. The Balaban J connectivity index is 0.000000174. The van der Waals surface area contributed by atoms with Crippen LogP contribution in [0.25, 0.3) is 21.0 Å². The molecule has 10 rings (SSSR count).